The van der Waals surface area contributed by atoms with E-state index in [-0.39, 0.29) is 49.6 Å². The predicted octanol–water partition coefficient (Wildman–Crippen LogP) is -1.32. The molecule has 33 heavy (non-hydrogen) atoms. The SMILES string of the molecule is NC1CCC(C(=O)NC2CCC(=O)N3CCCC(C(=O)NC(C=O)CC(=O)O)N3C2=O)CC1. The summed E-state index contributed by atoms with van der Waals surface area (Å²) in [6.07, 6.45) is 3.29. The molecule has 3 atom stereocenters. The van der Waals surface area contributed by atoms with Crippen LogP contribution in [0.15, 0.2) is 0 Å². The smallest absolute Gasteiger partial charge is 0.305 e. The van der Waals surface area contributed by atoms with Crippen molar-refractivity contribution in [2.24, 2.45) is 11.7 Å². The van der Waals surface area contributed by atoms with Crippen LogP contribution in [-0.2, 0) is 28.8 Å². The first-order chi connectivity index (χ1) is 15.7. The highest BCUT2D eigenvalue weighted by Crippen LogP contribution is 2.27. The van der Waals surface area contributed by atoms with Crippen LogP contribution in [0.1, 0.15) is 57.8 Å². The van der Waals surface area contributed by atoms with E-state index in [4.69, 9.17) is 10.8 Å². The van der Waals surface area contributed by atoms with Gasteiger partial charge in [0.1, 0.15) is 18.4 Å². The first-order valence-electron chi connectivity index (χ1n) is 11.4. The molecular formula is C21H31N5O7. The summed E-state index contributed by atoms with van der Waals surface area (Å²) in [6.45, 7) is 0.252. The molecule has 4 amide bonds. The third-order valence-corrected chi connectivity index (χ3v) is 6.51. The average Bonchev–Trinajstić information content (AvgIpc) is 2.90. The van der Waals surface area contributed by atoms with Crippen molar-refractivity contribution >= 4 is 35.9 Å². The minimum atomic E-state index is -1.26. The molecule has 2 aliphatic heterocycles. The van der Waals surface area contributed by atoms with Crippen LogP contribution in [0.3, 0.4) is 0 Å². The van der Waals surface area contributed by atoms with Gasteiger partial charge in [-0.25, -0.2) is 5.01 Å². The third-order valence-electron chi connectivity index (χ3n) is 6.51. The summed E-state index contributed by atoms with van der Waals surface area (Å²) in [7, 11) is 0. The van der Waals surface area contributed by atoms with E-state index in [2.05, 4.69) is 10.6 Å². The van der Waals surface area contributed by atoms with Crippen molar-refractivity contribution in [1.82, 2.24) is 20.7 Å². The number of hydrogen-bond donors (Lipinski definition) is 4. The summed E-state index contributed by atoms with van der Waals surface area (Å²) < 4.78 is 0. The second kappa shape index (κ2) is 10.7. The number of nitrogens with one attached hydrogen (secondary N) is 2. The number of carbonyl (C=O) groups is 6. The molecule has 3 rings (SSSR count). The lowest BCUT2D eigenvalue weighted by molar-refractivity contribution is -0.176. The molecule has 2 saturated heterocycles. The summed E-state index contributed by atoms with van der Waals surface area (Å²) >= 11 is 0. The molecule has 0 spiro atoms. The van der Waals surface area contributed by atoms with Gasteiger partial charge in [0, 0.05) is 24.9 Å². The van der Waals surface area contributed by atoms with E-state index in [1.807, 2.05) is 0 Å². The number of hydrogen-bond acceptors (Lipinski definition) is 7. The van der Waals surface area contributed by atoms with Crippen LogP contribution in [0.2, 0.25) is 0 Å². The molecule has 0 bridgehead atoms. The molecule has 0 aromatic carbocycles. The van der Waals surface area contributed by atoms with Crippen molar-refractivity contribution in [1.29, 1.82) is 0 Å². The summed E-state index contributed by atoms with van der Waals surface area (Å²) in [5, 5.41) is 16.3. The van der Waals surface area contributed by atoms with Crippen molar-refractivity contribution < 1.29 is 33.9 Å². The van der Waals surface area contributed by atoms with Gasteiger partial charge in [-0.2, -0.15) is 0 Å². The topological polar surface area (TPSA) is 179 Å². The second-order valence-corrected chi connectivity index (χ2v) is 8.92. The predicted molar refractivity (Wildman–Crippen MR) is 113 cm³/mol. The van der Waals surface area contributed by atoms with Crippen LogP contribution in [0.25, 0.3) is 0 Å². The summed E-state index contributed by atoms with van der Waals surface area (Å²) in [4.78, 5) is 73.8. The average molecular weight is 466 g/mol. The summed E-state index contributed by atoms with van der Waals surface area (Å²) in [5.41, 5.74) is 5.90. The molecule has 182 valence electrons. The summed E-state index contributed by atoms with van der Waals surface area (Å²) in [6, 6.07) is -3.23. The molecule has 5 N–H and O–H groups in total. The van der Waals surface area contributed by atoms with Crippen molar-refractivity contribution in [3.05, 3.63) is 0 Å². The monoisotopic (exact) mass is 465 g/mol. The number of hydrazine groups is 1. The largest absolute Gasteiger partial charge is 0.481 e. The van der Waals surface area contributed by atoms with E-state index >= 15 is 0 Å². The first-order valence-corrected chi connectivity index (χ1v) is 11.4. The highest BCUT2D eigenvalue weighted by molar-refractivity contribution is 5.96. The fourth-order valence-electron chi connectivity index (χ4n) is 4.68. The molecule has 12 heteroatoms. The molecule has 0 radical (unpaired) electrons. The number of rotatable bonds is 7. The summed E-state index contributed by atoms with van der Waals surface area (Å²) in [5.74, 6) is -3.39. The number of aliphatic carboxylic acids is 1. The Morgan fingerprint density at radius 2 is 1.79 bits per heavy atom. The Kier molecular flexibility index (Phi) is 8.01. The maximum Gasteiger partial charge on any atom is 0.305 e. The van der Waals surface area contributed by atoms with Crippen LogP contribution < -0.4 is 16.4 Å². The number of fused-ring (bicyclic) bond motifs is 1. The van der Waals surface area contributed by atoms with Gasteiger partial charge in [0.15, 0.2) is 0 Å². The van der Waals surface area contributed by atoms with Gasteiger partial charge in [0.25, 0.3) is 5.91 Å². The Morgan fingerprint density at radius 1 is 1.09 bits per heavy atom. The van der Waals surface area contributed by atoms with Gasteiger partial charge < -0.3 is 26.3 Å². The Hall–Kier alpha value is -3.02. The number of aldehydes is 1. The van der Waals surface area contributed by atoms with Crippen molar-refractivity contribution in [3.8, 4) is 0 Å². The zero-order chi connectivity index (χ0) is 24.1. The Bertz CT molecular complexity index is 811. The quantitative estimate of drug-likeness (QED) is 0.334. The molecule has 0 aromatic rings. The minimum absolute atomic E-state index is 0.0348. The normalized spacial score (nSPS) is 28.9. The fourth-order valence-corrected chi connectivity index (χ4v) is 4.68. The van der Waals surface area contributed by atoms with E-state index in [1.165, 1.54) is 5.01 Å². The van der Waals surface area contributed by atoms with Crippen LogP contribution >= 0.6 is 0 Å². The number of nitrogens with two attached hydrogens (primary N) is 1. The molecule has 12 nitrogen and oxygen atoms in total. The van der Waals surface area contributed by atoms with Gasteiger partial charge >= 0.3 is 5.97 Å². The Balaban J connectivity index is 1.74. The van der Waals surface area contributed by atoms with Gasteiger partial charge in [-0.1, -0.05) is 0 Å². The first kappa shape index (κ1) is 24.6. The van der Waals surface area contributed by atoms with Crippen molar-refractivity contribution in [2.45, 2.75) is 82.0 Å². The van der Waals surface area contributed by atoms with E-state index in [0.717, 1.165) is 17.9 Å². The molecule has 0 aromatic heterocycles. The second-order valence-electron chi connectivity index (χ2n) is 8.92. The molecule has 3 unspecified atom stereocenters. The number of nitrogens with zero attached hydrogens (tertiary/aromatic N) is 2. The maximum absolute atomic E-state index is 13.4. The number of carboxylic acids is 1. The van der Waals surface area contributed by atoms with Crippen LogP contribution in [0.4, 0.5) is 0 Å². The zero-order valence-corrected chi connectivity index (χ0v) is 18.4. The molecular weight excluding hydrogens is 434 g/mol. The van der Waals surface area contributed by atoms with Gasteiger partial charge in [-0.3, -0.25) is 29.0 Å². The Labute approximate surface area is 191 Å². The molecule has 1 saturated carbocycles. The molecule has 1 aliphatic carbocycles. The van der Waals surface area contributed by atoms with Gasteiger partial charge in [-0.05, 0) is 44.9 Å². The highest BCUT2D eigenvalue weighted by Gasteiger charge is 2.45. The van der Waals surface area contributed by atoms with Crippen LogP contribution in [0, 0.1) is 5.92 Å². The van der Waals surface area contributed by atoms with Crippen LogP contribution in [-0.4, -0.2) is 81.7 Å². The third kappa shape index (κ3) is 5.86. The highest BCUT2D eigenvalue weighted by atomic mass is 16.4. The number of carbonyl (C=O) groups excluding carboxylic acids is 5. The van der Waals surface area contributed by atoms with E-state index in [1.54, 1.807) is 0 Å². The van der Waals surface area contributed by atoms with E-state index < -0.39 is 42.3 Å². The van der Waals surface area contributed by atoms with Gasteiger partial charge in [-0.15, -0.1) is 0 Å². The van der Waals surface area contributed by atoms with Crippen molar-refractivity contribution in [3.63, 3.8) is 0 Å². The lowest BCUT2D eigenvalue weighted by Crippen LogP contribution is -2.64. The molecule has 3 fully saturated rings. The maximum atomic E-state index is 13.4. The lowest BCUT2D eigenvalue weighted by atomic mass is 9.85. The zero-order valence-electron chi connectivity index (χ0n) is 18.4. The molecule has 2 heterocycles. The van der Waals surface area contributed by atoms with E-state index in [9.17, 15) is 28.8 Å². The minimum Gasteiger partial charge on any atom is -0.481 e. The lowest BCUT2D eigenvalue weighted by Gasteiger charge is -2.43. The van der Waals surface area contributed by atoms with Crippen LogP contribution in [0.5, 0.6) is 0 Å². The number of amides is 4. The Morgan fingerprint density at radius 3 is 2.42 bits per heavy atom. The fraction of sp³-hybridized carbons (Fsp3) is 0.714. The number of carboxylic acid groups (broad SMARTS) is 1. The van der Waals surface area contributed by atoms with Gasteiger partial charge in [0.05, 0.1) is 12.5 Å². The van der Waals surface area contributed by atoms with Gasteiger partial charge in [0.2, 0.25) is 17.7 Å². The van der Waals surface area contributed by atoms with Crippen molar-refractivity contribution in [2.75, 3.05) is 6.54 Å². The molecule has 3 aliphatic rings. The van der Waals surface area contributed by atoms with E-state index in [0.29, 0.717) is 25.5 Å². The standard InChI is InChI=1S/C21H31N5O7/c22-13-5-3-12(4-6-13)19(31)24-15-7-8-17(28)25-9-1-2-16(26(25)21(15)33)20(32)23-14(11-27)10-18(29)30/h11-16H,1-10,22H2,(H,23,32)(H,24,31)(H,29,30).